The van der Waals surface area contributed by atoms with Crippen LogP contribution in [0, 0.1) is 16.4 Å². The third kappa shape index (κ3) is 8.14. The molecule has 0 spiro atoms. The fourth-order valence-electron chi connectivity index (χ4n) is 9.85. The Morgan fingerprint density at radius 1 is 1.03 bits per heavy atom. The minimum atomic E-state index is -3.17. The van der Waals surface area contributed by atoms with Crippen LogP contribution in [-0.4, -0.2) is 105 Å². The van der Waals surface area contributed by atoms with E-state index in [0.29, 0.717) is 56.2 Å². The van der Waals surface area contributed by atoms with Crippen LogP contribution < -0.4 is 15.0 Å². The Hall–Kier alpha value is -4.77. The van der Waals surface area contributed by atoms with E-state index in [1.54, 1.807) is 6.20 Å². The van der Waals surface area contributed by atoms with Gasteiger partial charge in [0.1, 0.15) is 41.1 Å². The zero-order chi connectivity index (χ0) is 43.4. The molecule has 3 N–H and O–H groups in total. The summed E-state index contributed by atoms with van der Waals surface area (Å²) in [6, 6.07) is 14.9. The summed E-state index contributed by atoms with van der Waals surface area (Å²) < 4.78 is 87.4. The molecule has 330 valence electrons. The summed E-state index contributed by atoms with van der Waals surface area (Å²) >= 11 is 0. The highest BCUT2D eigenvalue weighted by atomic mass is 32.2. The molecular weight excluding hydrogens is 818 g/mol. The molecule has 2 saturated heterocycles. The first-order chi connectivity index (χ1) is 29.7. The van der Waals surface area contributed by atoms with Gasteiger partial charge >= 0.3 is 0 Å². The quantitative estimate of drug-likeness (QED) is 0.0878. The predicted molar refractivity (Wildman–Crippen MR) is 234 cm³/mol. The fraction of sp³-hybridized carbons (Fsp3) is 0.500. The third-order valence-electron chi connectivity index (χ3n) is 13.0. The number of rotatable bonds is 15. The first-order valence-corrected chi connectivity index (χ1v) is 23.4. The van der Waals surface area contributed by atoms with Gasteiger partial charge in [-0.2, -0.15) is 0 Å². The van der Waals surface area contributed by atoms with Gasteiger partial charge in [-0.05, 0) is 77.1 Å². The number of fused-ring (bicyclic) bond motifs is 4. The van der Waals surface area contributed by atoms with Gasteiger partial charge in [-0.1, -0.05) is 18.2 Å². The zero-order valence-corrected chi connectivity index (χ0v) is 36.5. The van der Waals surface area contributed by atoms with Crippen molar-refractivity contribution in [2.24, 2.45) is 0 Å². The number of pyridine rings is 1. The number of nitrogens with one attached hydrogen (secondary N) is 3. The van der Waals surface area contributed by atoms with Crippen molar-refractivity contribution in [3.63, 3.8) is 0 Å². The van der Waals surface area contributed by atoms with E-state index in [4.69, 9.17) is 24.2 Å². The van der Waals surface area contributed by atoms with Crippen LogP contribution in [-0.2, 0) is 23.9 Å². The van der Waals surface area contributed by atoms with E-state index in [2.05, 4.69) is 33.2 Å². The second-order valence-corrected chi connectivity index (χ2v) is 20.5. The first kappa shape index (κ1) is 42.5. The number of para-hydroxylation sites is 1. The normalized spacial score (nSPS) is 24.3. The van der Waals surface area contributed by atoms with Gasteiger partial charge in [0.05, 0.1) is 58.1 Å². The van der Waals surface area contributed by atoms with E-state index in [1.165, 1.54) is 26.0 Å². The molecule has 12 nitrogen and oxygen atoms in total. The summed E-state index contributed by atoms with van der Waals surface area (Å²) in [5, 5.41) is 4.39. The lowest BCUT2D eigenvalue weighted by Crippen LogP contribution is -2.54. The van der Waals surface area contributed by atoms with Gasteiger partial charge in [0.25, 0.3) is 0 Å². The summed E-state index contributed by atoms with van der Waals surface area (Å²) in [7, 11) is -3.17. The SMILES string of the molecule is C[C@@H]1COCCN1c1cc(C2(S(=N)(=O)CCCOCCOc3cc(F)c([C@@H]4C5Nc6ccccc6C5C[C@@H](C)N4CC(C)(C)F)c(F)c3)CC2)nc(-c2ccnc3[nH]ccc23)n1. The molecule has 6 heterocycles. The lowest BCUT2D eigenvalue weighted by atomic mass is 9.77. The van der Waals surface area contributed by atoms with Crippen molar-refractivity contribution in [3.05, 3.63) is 95.4 Å². The minimum absolute atomic E-state index is 0.0153. The number of benzene rings is 2. The average molecular weight is 873 g/mol. The molecule has 1 saturated carbocycles. The van der Waals surface area contributed by atoms with E-state index in [9.17, 15) is 8.99 Å². The van der Waals surface area contributed by atoms with E-state index >= 15 is 13.2 Å². The average Bonchev–Trinajstić information content (AvgIpc) is 3.79. The molecule has 0 radical (unpaired) electrons. The molecule has 0 bridgehead atoms. The number of aromatic nitrogens is 4. The number of aromatic amines is 1. The van der Waals surface area contributed by atoms with Crippen molar-refractivity contribution in [2.45, 2.75) is 93.9 Å². The summed E-state index contributed by atoms with van der Waals surface area (Å²) in [5.41, 5.74) is 2.49. The number of hydrogen-bond acceptors (Lipinski definition) is 11. The van der Waals surface area contributed by atoms with Crippen LogP contribution in [0.15, 0.2) is 67.0 Å². The Balaban J connectivity index is 0.839. The molecule has 6 atom stereocenters. The maximum absolute atomic E-state index is 16.2. The van der Waals surface area contributed by atoms with Gasteiger partial charge < -0.3 is 29.4 Å². The molecular formula is C46H55F3N8O4S. The second kappa shape index (κ2) is 16.7. The molecule has 0 amide bonds. The van der Waals surface area contributed by atoms with Crippen LogP contribution in [0.2, 0.25) is 0 Å². The molecule has 9 rings (SSSR count). The number of ether oxygens (including phenoxy) is 3. The Morgan fingerprint density at radius 3 is 2.58 bits per heavy atom. The fourth-order valence-corrected chi connectivity index (χ4v) is 12.0. The van der Waals surface area contributed by atoms with Crippen molar-refractivity contribution in [2.75, 3.05) is 62.1 Å². The van der Waals surface area contributed by atoms with Gasteiger partial charge in [-0.15, -0.1) is 0 Å². The van der Waals surface area contributed by atoms with Crippen LogP contribution in [0.3, 0.4) is 0 Å². The molecule has 16 heteroatoms. The number of anilines is 2. The van der Waals surface area contributed by atoms with Gasteiger partial charge in [-0.25, -0.2) is 32.3 Å². The predicted octanol–water partition coefficient (Wildman–Crippen LogP) is 8.51. The van der Waals surface area contributed by atoms with Crippen molar-refractivity contribution < 1.29 is 31.6 Å². The maximum Gasteiger partial charge on any atom is 0.162 e. The van der Waals surface area contributed by atoms with E-state index in [-0.39, 0.29) is 67.5 Å². The van der Waals surface area contributed by atoms with Crippen molar-refractivity contribution in [1.29, 1.82) is 4.78 Å². The smallest absolute Gasteiger partial charge is 0.162 e. The Bertz CT molecular complexity index is 2520. The molecule has 3 fully saturated rings. The highest BCUT2D eigenvalue weighted by molar-refractivity contribution is 7.93. The lowest BCUT2D eigenvalue weighted by molar-refractivity contribution is 0.0194. The molecule has 5 aromatic rings. The highest BCUT2D eigenvalue weighted by Gasteiger charge is 2.55. The van der Waals surface area contributed by atoms with Crippen molar-refractivity contribution in [1.82, 2.24) is 24.8 Å². The number of likely N-dealkylation sites (tertiary alicyclic amines) is 1. The van der Waals surface area contributed by atoms with Crippen LogP contribution >= 0.6 is 0 Å². The van der Waals surface area contributed by atoms with E-state index in [0.717, 1.165) is 34.4 Å². The summed E-state index contributed by atoms with van der Waals surface area (Å²) in [5.74, 6) is -0.129. The topological polar surface area (TPSA) is 142 Å². The Morgan fingerprint density at radius 2 is 1.82 bits per heavy atom. The van der Waals surface area contributed by atoms with Crippen molar-refractivity contribution in [3.8, 4) is 17.1 Å². The molecule has 3 aliphatic heterocycles. The lowest BCUT2D eigenvalue weighted by Gasteiger charge is -2.48. The maximum atomic E-state index is 16.2. The molecule has 4 aliphatic rings. The standard InChI is InChI=1S/C46H55F3N8O4S/c1-28-22-34-31-8-5-6-9-37(31)53-41(34)42(57(28)27-45(3,4)49)40-35(47)23-30(24-36(40)48)61-20-19-59-17-7-21-62(50,58)46(12-13-46)38-25-39(56-16-18-60-26-29(56)2)55-44(54-38)33-11-15-52-43-32(33)10-14-51-43/h5-6,8-11,14-15,23-25,28-29,34,41-42,50,53H,7,12-13,16-22,26-27H2,1-4H3,(H,51,52)/t28-,29-,34?,41?,42-,62?/m1/s1. The number of morpholine rings is 1. The van der Waals surface area contributed by atoms with E-state index in [1.807, 2.05) is 54.4 Å². The minimum Gasteiger partial charge on any atom is -0.491 e. The van der Waals surface area contributed by atoms with Crippen LogP contribution in [0.5, 0.6) is 5.75 Å². The number of alkyl halides is 1. The number of halogens is 3. The number of hydrogen-bond donors (Lipinski definition) is 3. The van der Waals surface area contributed by atoms with Crippen LogP contribution in [0.4, 0.5) is 24.7 Å². The van der Waals surface area contributed by atoms with Gasteiger partial charge in [0.15, 0.2) is 5.82 Å². The van der Waals surface area contributed by atoms with Gasteiger partial charge in [0, 0.05) is 90.2 Å². The summed E-state index contributed by atoms with van der Waals surface area (Å²) in [6.45, 7) is 9.23. The van der Waals surface area contributed by atoms with Gasteiger partial charge in [-0.3, -0.25) is 9.68 Å². The largest absolute Gasteiger partial charge is 0.491 e. The van der Waals surface area contributed by atoms with Gasteiger partial charge in [0.2, 0.25) is 0 Å². The number of nitrogens with zero attached hydrogens (tertiary/aromatic N) is 5. The summed E-state index contributed by atoms with van der Waals surface area (Å²) in [4.78, 5) is 21.7. The Kier molecular flexibility index (Phi) is 11.5. The summed E-state index contributed by atoms with van der Waals surface area (Å²) in [6.07, 6.45) is 5.80. The van der Waals surface area contributed by atoms with Crippen molar-refractivity contribution >= 4 is 32.3 Å². The van der Waals surface area contributed by atoms with Crippen LogP contribution in [0.25, 0.3) is 22.4 Å². The third-order valence-corrected chi connectivity index (χ3v) is 15.7. The second-order valence-electron chi connectivity index (χ2n) is 17.9. The zero-order valence-electron chi connectivity index (χ0n) is 35.6. The number of H-pyrrole nitrogens is 1. The molecule has 3 aromatic heterocycles. The monoisotopic (exact) mass is 872 g/mol. The molecule has 1 aliphatic carbocycles. The van der Waals surface area contributed by atoms with Crippen LogP contribution in [0.1, 0.15) is 82.2 Å². The first-order valence-electron chi connectivity index (χ1n) is 21.6. The number of piperidine rings is 1. The van der Waals surface area contributed by atoms with E-state index < -0.39 is 37.8 Å². The Labute approximate surface area is 360 Å². The highest BCUT2D eigenvalue weighted by Crippen LogP contribution is 2.54. The molecule has 3 unspecified atom stereocenters. The molecule has 2 aromatic carbocycles. The molecule has 62 heavy (non-hydrogen) atoms.